The first kappa shape index (κ1) is 18.8. The van der Waals surface area contributed by atoms with Crippen molar-refractivity contribution < 1.29 is 9.32 Å². The van der Waals surface area contributed by atoms with Crippen LogP contribution in [0.4, 0.5) is 0 Å². The van der Waals surface area contributed by atoms with E-state index in [9.17, 15) is 4.79 Å². The molecule has 1 saturated heterocycles. The zero-order chi connectivity index (χ0) is 19.2. The normalized spacial score (nSPS) is 15.1. The molecule has 3 aromatic rings. The van der Waals surface area contributed by atoms with Crippen LogP contribution < -0.4 is 0 Å². The SMILES string of the molecule is O=C(CCCc1nc(-c2ccccc2)no1)N1CCN(Cc2ccsc2)CC1. The standard InChI is InChI=1S/C21H24N4O2S/c26-20(25-12-10-24(11-13-25)15-17-9-14-28-16-17)8-4-7-19-22-21(23-27-19)18-5-2-1-3-6-18/h1-3,5-6,9,14,16H,4,7-8,10-13,15H2. The highest BCUT2D eigenvalue weighted by Crippen LogP contribution is 2.16. The third-order valence-electron chi connectivity index (χ3n) is 4.99. The van der Waals surface area contributed by atoms with Gasteiger partial charge in [0.1, 0.15) is 0 Å². The van der Waals surface area contributed by atoms with Crippen molar-refractivity contribution >= 4 is 17.2 Å². The van der Waals surface area contributed by atoms with Crippen molar-refractivity contribution in [3.63, 3.8) is 0 Å². The molecule has 0 N–H and O–H groups in total. The Labute approximate surface area is 168 Å². The molecule has 146 valence electrons. The van der Waals surface area contributed by atoms with Crippen LogP contribution in [0.2, 0.25) is 0 Å². The van der Waals surface area contributed by atoms with Crippen LogP contribution in [0.3, 0.4) is 0 Å². The van der Waals surface area contributed by atoms with E-state index in [0.29, 0.717) is 24.6 Å². The Morgan fingerprint density at radius 1 is 1.11 bits per heavy atom. The van der Waals surface area contributed by atoms with Crippen LogP contribution in [-0.2, 0) is 17.8 Å². The Balaban J connectivity index is 1.19. The minimum Gasteiger partial charge on any atom is -0.340 e. The number of rotatable bonds is 7. The summed E-state index contributed by atoms with van der Waals surface area (Å²) < 4.78 is 5.32. The van der Waals surface area contributed by atoms with E-state index in [2.05, 4.69) is 31.9 Å². The molecule has 0 atom stereocenters. The lowest BCUT2D eigenvalue weighted by atomic mass is 10.2. The van der Waals surface area contributed by atoms with Crippen molar-refractivity contribution in [1.29, 1.82) is 0 Å². The molecule has 0 bridgehead atoms. The molecule has 2 aromatic heterocycles. The summed E-state index contributed by atoms with van der Waals surface area (Å²) in [6.07, 6.45) is 1.88. The Kier molecular flexibility index (Phi) is 6.14. The first-order valence-electron chi connectivity index (χ1n) is 9.67. The average Bonchev–Trinajstić information content (AvgIpc) is 3.41. The van der Waals surface area contributed by atoms with Crippen LogP contribution in [0.15, 0.2) is 51.7 Å². The van der Waals surface area contributed by atoms with E-state index < -0.39 is 0 Å². The molecule has 0 radical (unpaired) electrons. The maximum absolute atomic E-state index is 12.5. The highest BCUT2D eigenvalue weighted by molar-refractivity contribution is 7.07. The van der Waals surface area contributed by atoms with E-state index in [1.165, 1.54) is 5.56 Å². The molecule has 28 heavy (non-hydrogen) atoms. The van der Waals surface area contributed by atoms with Crippen molar-refractivity contribution in [2.24, 2.45) is 0 Å². The van der Waals surface area contributed by atoms with Crippen molar-refractivity contribution in [3.05, 3.63) is 58.6 Å². The molecule has 1 aromatic carbocycles. The van der Waals surface area contributed by atoms with Gasteiger partial charge in [0.15, 0.2) is 0 Å². The maximum Gasteiger partial charge on any atom is 0.226 e. The lowest BCUT2D eigenvalue weighted by Gasteiger charge is -2.34. The minimum atomic E-state index is 0.220. The number of hydrogen-bond acceptors (Lipinski definition) is 6. The molecular weight excluding hydrogens is 372 g/mol. The summed E-state index contributed by atoms with van der Waals surface area (Å²) in [5.74, 6) is 1.41. The quantitative estimate of drug-likeness (QED) is 0.612. The molecule has 1 fully saturated rings. The lowest BCUT2D eigenvalue weighted by Crippen LogP contribution is -2.48. The molecule has 4 rings (SSSR count). The fraction of sp³-hybridized carbons (Fsp3) is 0.381. The van der Waals surface area contributed by atoms with Gasteiger partial charge in [0.05, 0.1) is 0 Å². The predicted octanol–water partition coefficient (Wildman–Crippen LogP) is 3.47. The summed E-state index contributed by atoms with van der Waals surface area (Å²) in [6.45, 7) is 4.47. The maximum atomic E-state index is 12.5. The zero-order valence-electron chi connectivity index (χ0n) is 15.8. The van der Waals surface area contributed by atoms with Crippen LogP contribution in [-0.4, -0.2) is 52.0 Å². The minimum absolute atomic E-state index is 0.220. The number of hydrogen-bond donors (Lipinski definition) is 0. The van der Waals surface area contributed by atoms with Crippen molar-refractivity contribution in [2.75, 3.05) is 26.2 Å². The molecule has 6 nitrogen and oxygen atoms in total. The zero-order valence-corrected chi connectivity index (χ0v) is 16.6. The summed E-state index contributed by atoms with van der Waals surface area (Å²) in [4.78, 5) is 21.3. The Morgan fingerprint density at radius 2 is 1.93 bits per heavy atom. The van der Waals surface area contributed by atoms with Gasteiger partial charge in [-0.2, -0.15) is 16.3 Å². The van der Waals surface area contributed by atoms with E-state index in [-0.39, 0.29) is 5.91 Å². The molecule has 0 aliphatic carbocycles. The predicted molar refractivity (Wildman–Crippen MR) is 109 cm³/mol. The highest BCUT2D eigenvalue weighted by atomic mass is 32.1. The summed E-state index contributed by atoms with van der Waals surface area (Å²) in [5, 5.41) is 8.33. The first-order valence-corrected chi connectivity index (χ1v) is 10.6. The number of amides is 1. The molecule has 1 aliphatic rings. The summed E-state index contributed by atoms with van der Waals surface area (Å²) in [5.41, 5.74) is 2.30. The van der Waals surface area contributed by atoms with Gasteiger partial charge < -0.3 is 9.42 Å². The third kappa shape index (κ3) is 4.85. The van der Waals surface area contributed by atoms with Crippen LogP contribution in [0.5, 0.6) is 0 Å². The second-order valence-corrected chi connectivity index (χ2v) is 7.80. The molecule has 0 saturated carbocycles. The number of carbonyl (C=O) groups excluding carboxylic acids is 1. The van der Waals surface area contributed by atoms with Gasteiger partial charge in [-0.25, -0.2) is 0 Å². The van der Waals surface area contributed by atoms with Gasteiger partial charge >= 0.3 is 0 Å². The Morgan fingerprint density at radius 3 is 2.68 bits per heavy atom. The Hall–Kier alpha value is -2.51. The number of aryl methyl sites for hydroxylation is 1. The van der Waals surface area contributed by atoms with Crippen LogP contribution in [0, 0.1) is 0 Å². The fourth-order valence-electron chi connectivity index (χ4n) is 3.41. The molecule has 7 heteroatoms. The summed E-state index contributed by atoms with van der Waals surface area (Å²) >= 11 is 1.73. The van der Waals surface area contributed by atoms with E-state index >= 15 is 0 Å². The topological polar surface area (TPSA) is 62.5 Å². The van der Waals surface area contributed by atoms with Gasteiger partial charge in [-0.1, -0.05) is 35.5 Å². The van der Waals surface area contributed by atoms with E-state index in [4.69, 9.17) is 4.52 Å². The number of benzene rings is 1. The van der Waals surface area contributed by atoms with Gasteiger partial charge in [-0.3, -0.25) is 9.69 Å². The number of piperazine rings is 1. The largest absolute Gasteiger partial charge is 0.340 e. The van der Waals surface area contributed by atoms with Crippen LogP contribution in [0.25, 0.3) is 11.4 Å². The lowest BCUT2D eigenvalue weighted by molar-refractivity contribution is -0.133. The summed E-state index contributed by atoms with van der Waals surface area (Å²) in [7, 11) is 0. The number of carbonyl (C=O) groups is 1. The van der Waals surface area contributed by atoms with Crippen molar-refractivity contribution in [1.82, 2.24) is 19.9 Å². The first-order chi connectivity index (χ1) is 13.8. The van der Waals surface area contributed by atoms with Gasteiger partial charge in [0.25, 0.3) is 0 Å². The van der Waals surface area contributed by atoms with E-state index in [1.54, 1.807) is 11.3 Å². The van der Waals surface area contributed by atoms with Crippen molar-refractivity contribution in [2.45, 2.75) is 25.8 Å². The van der Waals surface area contributed by atoms with Crippen LogP contribution in [0.1, 0.15) is 24.3 Å². The van der Waals surface area contributed by atoms with Crippen LogP contribution >= 0.6 is 11.3 Å². The molecule has 0 spiro atoms. The van der Waals surface area contributed by atoms with Gasteiger partial charge in [0, 0.05) is 51.1 Å². The van der Waals surface area contributed by atoms with E-state index in [0.717, 1.165) is 44.7 Å². The fourth-order valence-corrected chi connectivity index (χ4v) is 4.07. The van der Waals surface area contributed by atoms with E-state index in [1.807, 2.05) is 35.2 Å². The molecular formula is C21H24N4O2S. The third-order valence-corrected chi connectivity index (χ3v) is 5.72. The number of aromatic nitrogens is 2. The summed E-state index contributed by atoms with van der Waals surface area (Å²) in [6, 6.07) is 11.9. The monoisotopic (exact) mass is 396 g/mol. The molecule has 3 heterocycles. The number of thiophene rings is 1. The smallest absolute Gasteiger partial charge is 0.226 e. The van der Waals surface area contributed by atoms with Gasteiger partial charge in [-0.05, 0) is 28.8 Å². The second-order valence-electron chi connectivity index (χ2n) is 7.02. The van der Waals surface area contributed by atoms with Crippen molar-refractivity contribution in [3.8, 4) is 11.4 Å². The second kappa shape index (κ2) is 9.12. The van der Waals surface area contributed by atoms with Gasteiger partial charge in [-0.15, -0.1) is 0 Å². The van der Waals surface area contributed by atoms with Gasteiger partial charge in [0.2, 0.25) is 17.6 Å². The Bertz CT molecular complexity index is 871. The average molecular weight is 397 g/mol. The molecule has 1 aliphatic heterocycles. The molecule has 0 unspecified atom stereocenters. The number of nitrogens with zero attached hydrogens (tertiary/aromatic N) is 4. The highest BCUT2D eigenvalue weighted by Gasteiger charge is 2.21. The molecule has 1 amide bonds.